The van der Waals surface area contributed by atoms with Crippen LogP contribution in [0.1, 0.15) is 16.1 Å². The third-order valence-electron chi connectivity index (χ3n) is 3.46. The van der Waals surface area contributed by atoms with E-state index in [0.717, 1.165) is 33.1 Å². The summed E-state index contributed by atoms with van der Waals surface area (Å²) in [6, 6.07) is 14.2. The van der Waals surface area contributed by atoms with Gasteiger partial charge in [0.15, 0.2) is 0 Å². The molecule has 0 atom stereocenters. The molecular weight excluding hydrogens is 324 g/mol. The maximum absolute atomic E-state index is 12.1. The molecule has 0 saturated heterocycles. The number of carbonyl (C=O) groups excluding carboxylic acids is 1. The van der Waals surface area contributed by atoms with Crippen molar-refractivity contribution in [2.24, 2.45) is 0 Å². The number of nitrogens with zero attached hydrogens (tertiary/aromatic N) is 1. The Morgan fingerprint density at radius 3 is 2.87 bits per heavy atom. The lowest BCUT2D eigenvalue weighted by molar-refractivity contribution is -0.113. The summed E-state index contributed by atoms with van der Waals surface area (Å²) in [5, 5.41) is 4.05. The first-order valence-electron chi connectivity index (χ1n) is 7.41. The lowest BCUT2D eigenvalue weighted by atomic mass is 10.1. The largest absolute Gasteiger partial charge is 0.325 e. The summed E-state index contributed by atoms with van der Waals surface area (Å²) in [7, 11) is 0. The van der Waals surface area contributed by atoms with Crippen molar-refractivity contribution in [1.29, 1.82) is 0 Å². The van der Waals surface area contributed by atoms with Gasteiger partial charge < -0.3 is 5.32 Å². The van der Waals surface area contributed by atoms with E-state index in [1.165, 1.54) is 4.70 Å². The van der Waals surface area contributed by atoms with Crippen molar-refractivity contribution in [3.05, 3.63) is 58.6 Å². The molecular formula is C18H18N2OS2. The van der Waals surface area contributed by atoms with Crippen LogP contribution in [0.5, 0.6) is 0 Å². The molecule has 1 heterocycles. The Kier molecular flexibility index (Phi) is 4.98. The highest BCUT2D eigenvalue weighted by atomic mass is 32.2. The Bertz CT molecular complexity index is 809. The van der Waals surface area contributed by atoms with Crippen molar-refractivity contribution >= 4 is 44.9 Å². The van der Waals surface area contributed by atoms with E-state index >= 15 is 0 Å². The number of hydrogen-bond donors (Lipinski definition) is 1. The second kappa shape index (κ2) is 7.15. The maximum atomic E-state index is 12.1. The van der Waals surface area contributed by atoms with Gasteiger partial charge in [-0.15, -0.1) is 23.1 Å². The number of para-hydroxylation sites is 1. The zero-order valence-corrected chi connectivity index (χ0v) is 14.8. The highest BCUT2D eigenvalue weighted by molar-refractivity contribution is 7.99. The number of nitrogens with one attached hydrogen (secondary N) is 1. The summed E-state index contributed by atoms with van der Waals surface area (Å²) in [4.78, 5) is 16.7. The molecule has 2 aromatic carbocycles. The summed E-state index contributed by atoms with van der Waals surface area (Å²) in [5.74, 6) is 1.23. The molecule has 0 bridgehead atoms. The first-order chi connectivity index (χ1) is 11.1. The van der Waals surface area contributed by atoms with Gasteiger partial charge in [-0.2, -0.15) is 0 Å². The standard InChI is InChI=1S/C18H18N2OS2/c1-12-7-8-13(2)15(9-12)19-17(21)10-22-11-18-20-14-5-3-4-6-16(14)23-18/h3-9H,10-11H2,1-2H3,(H,19,21). The van der Waals surface area contributed by atoms with E-state index in [9.17, 15) is 4.79 Å². The number of hydrogen-bond acceptors (Lipinski definition) is 4. The number of aromatic nitrogens is 1. The normalized spacial score (nSPS) is 10.9. The van der Waals surface area contributed by atoms with Crippen LogP contribution in [0.4, 0.5) is 5.69 Å². The van der Waals surface area contributed by atoms with Crippen LogP contribution in [0.25, 0.3) is 10.2 Å². The average Bonchev–Trinajstić information content (AvgIpc) is 2.93. The summed E-state index contributed by atoms with van der Waals surface area (Å²) in [6.45, 7) is 4.03. The zero-order chi connectivity index (χ0) is 16.2. The molecule has 1 aromatic heterocycles. The Balaban J connectivity index is 1.53. The van der Waals surface area contributed by atoms with Crippen LogP contribution < -0.4 is 5.32 Å². The third kappa shape index (κ3) is 4.12. The van der Waals surface area contributed by atoms with Crippen molar-refractivity contribution in [1.82, 2.24) is 4.98 Å². The summed E-state index contributed by atoms with van der Waals surface area (Å²) in [6.07, 6.45) is 0. The van der Waals surface area contributed by atoms with Crippen LogP contribution in [0.15, 0.2) is 42.5 Å². The van der Waals surface area contributed by atoms with E-state index in [2.05, 4.69) is 16.4 Å². The molecule has 3 rings (SSSR count). The first kappa shape index (κ1) is 16.0. The Labute approximate surface area is 144 Å². The van der Waals surface area contributed by atoms with Crippen molar-refractivity contribution < 1.29 is 4.79 Å². The van der Waals surface area contributed by atoms with Crippen molar-refractivity contribution in [3.63, 3.8) is 0 Å². The van der Waals surface area contributed by atoms with E-state index in [-0.39, 0.29) is 5.91 Å². The average molecular weight is 342 g/mol. The van der Waals surface area contributed by atoms with Crippen LogP contribution in [-0.4, -0.2) is 16.6 Å². The Morgan fingerprint density at radius 1 is 1.22 bits per heavy atom. The van der Waals surface area contributed by atoms with Gasteiger partial charge in [0.2, 0.25) is 5.91 Å². The lowest BCUT2D eigenvalue weighted by Gasteiger charge is -2.09. The molecule has 1 amide bonds. The number of carbonyl (C=O) groups is 1. The predicted molar refractivity (Wildman–Crippen MR) is 100 cm³/mol. The van der Waals surface area contributed by atoms with Crippen molar-refractivity contribution in [3.8, 4) is 0 Å². The van der Waals surface area contributed by atoms with E-state index in [4.69, 9.17) is 0 Å². The summed E-state index contributed by atoms with van der Waals surface area (Å²) < 4.78 is 1.20. The van der Waals surface area contributed by atoms with Gasteiger partial charge in [0.05, 0.1) is 16.0 Å². The molecule has 1 N–H and O–H groups in total. The Morgan fingerprint density at radius 2 is 2.04 bits per heavy atom. The van der Waals surface area contributed by atoms with E-state index in [1.807, 2.05) is 50.2 Å². The van der Waals surface area contributed by atoms with Crippen LogP contribution >= 0.6 is 23.1 Å². The Hall–Kier alpha value is -1.85. The number of anilines is 1. The van der Waals surface area contributed by atoms with Gasteiger partial charge in [0, 0.05) is 11.4 Å². The van der Waals surface area contributed by atoms with E-state index < -0.39 is 0 Å². The van der Waals surface area contributed by atoms with Gasteiger partial charge in [-0.25, -0.2) is 4.98 Å². The molecule has 0 aliphatic rings. The highest BCUT2D eigenvalue weighted by Gasteiger charge is 2.07. The smallest absolute Gasteiger partial charge is 0.234 e. The summed E-state index contributed by atoms with van der Waals surface area (Å²) >= 11 is 3.29. The monoisotopic (exact) mass is 342 g/mol. The van der Waals surface area contributed by atoms with E-state index in [1.54, 1.807) is 23.1 Å². The number of thiazole rings is 1. The lowest BCUT2D eigenvalue weighted by Crippen LogP contribution is -2.15. The topological polar surface area (TPSA) is 42.0 Å². The fourth-order valence-corrected chi connectivity index (χ4v) is 4.12. The third-order valence-corrected chi connectivity index (χ3v) is 5.63. The number of amides is 1. The van der Waals surface area contributed by atoms with Crippen LogP contribution in [0.3, 0.4) is 0 Å². The second-order valence-electron chi connectivity index (χ2n) is 5.43. The number of benzene rings is 2. The molecule has 0 unspecified atom stereocenters. The fraction of sp³-hybridized carbons (Fsp3) is 0.222. The van der Waals surface area contributed by atoms with Gasteiger partial charge >= 0.3 is 0 Å². The minimum absolute atomic E-state index is 0.0322. The van der Waals surface area contributed by atoms with Crippen LogP contribution in [0.2, 0.25) is 0 Å². The molecule has 23 heavy (non-hydrogen) atoms. The number of rotatable bonds is 5. The molecule has 0 radical (unpaired) electrons. The number of thioether (sulfide) groups is 1. The first-order valence-corrected chi connectivity index (χ1v) is 9.38. The van der Waals surface area contributed by atoms with Crippen LogP contribution in [-0.2, 0) is 10.5 Å². The van der Waals surface area contributed by atoms with Crippen molar-refractivity contribution in [2.45, 2.75) is 19.6 Å². The molecule has 3 aromatic rings. The highest BCUT2D eigenvalue weighted by Crippen LogP contribution is 2.25. The molecule has 0 saturated carbocycles. The predicted octanol–water partition coefficient (Wildman–Crippen LogP) is 4.79. The molecule has 5 heteroatoms. The maximum Gasteiger partial charge on any atom is 0.234 e. The molecule has 0 fully saturated rings. The van der Waals surface area contributed by atoms with Gasteiger partial charge in [0.25, 0.3) is 0 Å². The molecule has 3 nitrogen and oxygen atoms in total. The minimum Gasteiger partial charge on any atom is -0.325 e. The minimum atomic E-state index is 0.0322. The SMILES string of the molecule is Cc1ccc(C)c(NC(=O)CSCc2nc3ccccc3s2)c1. The fourth-order valence-electron chi connectivity index (χ4n) is 2.27. The molecule has 0 aliphatic heterocycles. The van der Waals surface area contributed by atoms with Crippen LogP contribution in [0, 0.1) is 13.8 Å². The zero-order valence-electron chi connectivity index (χ0n) is 13.1. The molecule has 0 aliphatic carbocycles. The van der Waals surface area contributed by atoms with Gasteiger partial charge in [-0.1, -0.05) is 24.3 Å². The second-order valence-corrected chi connectivity index (χ2v) is 7.54. The number of aryl methyl sites for hydroxylation is 2. The molecule has 0 spiro atoms. The summed E-state index contributed by atoms with van der Waals surface area (Å²) in [5.41, 5.74) is 4.16. The number of fused-ring (bicyclic) bond motifs is 1. The van der Waals surface area contributed by atoms with Crippen molar-refractivity contribution in [2.75, 3.05) is 11.1 Å². The molecule has 118 valence electrons. The van der Waals surface area contributed by atoms with Gasteiger partial charge in [-0.3, -0.25) is 4.79 Å². The van der Waals surface area contributed by atoms with Gasteiger partial charge in [0.1, 0.15) is 5.01 Å². The van der Waals surface area contributed by atoms with Gasteiger partial charge in [-0.05, 0) is 43.2 Å². The quantitative estimate of drug-likeness (QED) is 0.725. The van der Waals surface area contributed by atoms with E-state index in [0.29, 0.717) is 5.75 Å².